The summed E-state index contributed by atoms with van der Waals surface area (Å²) >= 11 is 0. The molecule has 0 aromatic heterocycles. The van der Waals surface area contributed by atoms with Crippen molar-refractivity contribution in [3.8, 4) is 0 Å². The Hall–Kier alpha value is -1.05. The zero-order chi connectivity index (χ0) is 27.1. The molecular formula is C31H48O6. The summed E-state index contributed by atoms with van der Waals surface area (Å²) in [6.45, 7) is 14.5. The Bertz CT molecular complexity index is 977. The van der Waals surface area contributed by atoms with Crippen LogP contribution in [0.2, 0.25) is 0 Å². The van der Waals surface area contributed by atoms with Crippen LogP contribution in [0.25, 0.3) is 0 Å². The average molecular weight is 517 g/mol. The van der Waals surface area contributed by atoms with E-state index in [1.165, 1.54) is 5.57 Å². The molecule has 11 atom stereocenters. The van der Waals surface area contributed by atoms with Gasteiger partial charge < -0.3 is 24.8 Å². The van der Waals surface area contributed by atoms with Gasteiger partial charge in [0, 0.05) is 23.9 Å². The van der Waals surface area contributed by atoms with E-state index in [0.717, 1.165) is 19.3 Å². The molecule has 0 spiro atoms. The largest absolute Gasteiger partial charge is 0.392 e. The van der Waals surface area contributed by atoms with Crippen LogP contribution in [0.5, 0.6) is 0 Å². The Morgan fingerprint density at radius 1 is 1.19 bits per heavy atom. The Morgan fingerprint density at radius 2 is 1.89 bits per heavy atom. The summed E-state index contributed by atoms with van der Waals surface area (Å²) in [6.07, 6.45) is 8.27. The van der Waals surface area contributed by atoms with Gasteiger partial charge in [0.1, 0.15) is 6.10 Å². The molecule has 37 heavy (non-hydrogen) atoms. The van der Waals surface area contributed by atoms with Gasteiger partial charge >= 0.3 is 0 Å². The van der Waals surface area contributed by atoms with Gasteiger partial charge in [-0.05, 0) is 87.5 Å². The van der Waals surface area contributed by atoms with Gasteiger partial charge in [-0.1, -0.05) is 45.4 Å². The fourth-order valence-corrected chi connectivity index (χ4v) is 9.38. The van der Waals surface area contributed by atoms with Gasteiger partial charge in [-0.25, -0.2) is 0 Å². The molecule has 0 aromatic rings. The third-order valence-corrected chi connectivity index (χ3v) is 11.5. The number of fused-ring (bicyclic) bond motifs is 5. The van der Waals surface area contributed by atoms with Crippen molar-refractivity contribution in [2.75, 3.05) is 6.61 Å². The number of aliphatic hydroxyl groups is 3. The first-order valence-corrected chi connectivity index (χ1v) is 14.5. The molecular weight excluding hydrogens is 468 g/mol. The van der Waals surface area contributed by atoms with E-state index in [-0.39, 0.29) is 40.3 Å². The van der Waals surface area contributed by atoms with E-state index in [1.807, 2.05) is 13.0 Å². The lowest BCUT2D eigenvalue weighted by atomic mass is 9.43. The van der Waals surface area contributed by atoms with Crippen LogP contribution in [-0.2, 0) is 14.3 Å². The number of ether oxygens (including phenoxy) is 2. The van der Waals surface area contributed by atoms with Crippen LogP contribution in [0.3, 0.4) is 0 Å². The molecule has 1 saturated heterocycles. The highest BCUT2D eigenvalue weighted by molar-refractivity contribution is 5.95. The Morgan fingerprint density at radius 3 is 2.54 bits per heavy atom. The second-order valence-electron chi connectivity index (χ2n) is 14.2. The van der Waals surface area contributed by atoms with Crippen molar-refractivity contribution in [3.05, 3.63) is 23.8 Å². The topological polar surface area (TPSA) is 96.2 Å². The molecule has 3 N–H and O–H groups in total. The lowest BCUT2D eigenvalue weighted by molar-refractivity contribution is -0.192. The molecule has 5 rings (SSSR count). The number of aliphatic hydroxyl groups excluding tert-OH is 2. The maximum atomic E-state index is 12.8. The maximum absolute atomic E-state index is 12.8. The molecule has 1 aliphatic heterocycles. The van der Waals surface area contributed by atoms with Crippen LogP contribution in [0.1, 0.15) is 80.6 Å². The minimum atomic E-state index is -1.25. The first-order valence-electron chi connectivity index (χ1n) is 14.5. The lowest BCUT2D eigenvalue weighted by Crippen LogP contribution is -2.59. The van der Waals surface area contributed by atoms with E-state index < -0.39 is 35.6 Å². The summed E-state index contributed by atoms with van der Waals surface area (Å²) in [5, 5.41) is 32.9. The van der Waals surface area contributed by atoms with Gasteiger partial charge in [-0.15, -0.1) is 0 Å². The highest BCUT2D eigenvalue weighted by Gasteiger charge is 2.64. The first-order chi connectivity index (χ1) is 17.2. The molecule has 0 radical (unpaired) electrons. The molecule has 1 heterocycles. The van der Waals surface area contributed by atoms with E-state index in [1.54, 1.807) is 13.8 Å². The zero-order valence-corrected chi connectivity index (χ0v) is 23.7. The molecule has 208 valence electrons. The third-order valence-electron chi connectivity index (χ3n) is 11.5. The van der Waals surface area contributed by atoms with Crippen LogP contribution < -0.4 is 0 Å². The highest BCUT2D eigenvalue weighted by atomic mass is 16.7. The minimum Gasteiger partial charge on any atom is -0.392 e. The van der Waals surface area contributed by atoms with Crippen molar-refractivity contribution in [2.45, 2.75) is 111 Å². The van der Waals surface area contributed by atoms with Crippen LogP contribution in [0.15, 0.2) is 23.8 Å². The molecule has 4 aliphatic carbocycles. The normalized spacial score (nSPS) is 47.7. The molecule has 0 aromatic carbocycles. The van der Waals surface area contributed by atoms with Gasteiger partial charge in [0.05, 0.1) is 17.8 Å². The summed E-state index contributed by atoms with van der Waals surface area (Å²) < 4.78 is 12.3. The predicted molar refractivity (Wildman–Crippen MR) is 141 cm³/mol. The number of allylic oxidation sites excluding steroid dienone is 3. The van der Waals surface area contributed by atoms with Crippen LogP contribution in [0, 0.1) is 45.8 Å². The number of ketones is 1. The highest BCUT2D eigenvalue weighted by Crippen LogP contribution is 2.68. The average Bonchev–Trinajstić information content (AvgIpc) is 3.37. The monoisotopic (exact) mass is 516 g/mol. The van der Waals surface area contributed by atoms with Crippen molar-refractivity contribution in [2.24, 2.45) is 45.8 Å². The van der Waals surface area contributed by atoms with E-state index in [4.69, 9.17) is 9.47 Å². The quantitative estimate of drug-likeness (QED) is 0.468. The molecule has 5 aliphatic rings. The second kappa shape index (κ2) is 8.99. The van der Waals surface area contributed by atoms with Gasteiger partial charge in [-0.3, -0.25) is 4.79 Å². The van der Waals surface area contributed by atoms with Crippen LogP contribution in [0.4, 0.5) is 0 Å². The third kappa shape index (κ3) is 4.04. The van der Waals surface area contributed by atoms with Gasteiger partial charge in [0.25, 0.3) is 0 Å². The summed E-state index contributed by atoms with van der Waals surface area (Å²) in [7, 11) is 0. The lowest BCUT2D eigenvalue weighted by Gasteiger charge is -2.61. The Kier molecular flexibility index (Phi) is 6.68. The number of carbonyl (C=O) groups excluding carboxylic acids is 1. The van der Waals surface area contributed by atoms with Crippen LogP contribution >= 0.6 is 0 Å². The zero-order valence-electron chi connectivity index (χ0n) is 23.7. The predicted octanol–water partition coefficient (Wildman–Crippen LogP) is 4.42. The number of rotatable bonds is 5. The standard InChI is InChI=1S/C31H48O6/c1-8-36-27-17(15-22(37-27)26(34)29(4,5)35)18-9-10-19-25-20(11-13-30(18,19)6)31(7)14-12-24(33)28(2,3)23(31)16-21(25)32/h10,12,14,17-18,20-23,25-27,32,34-35H,8-9,11,13,15-16H2,1-7H3/t17-,18+,20+,21-,22-,23+,25+,26-,27+,30+,31-/m1/s1. The smallest absolute Gasteiger partial charge is 0.161 e. The Balaban J connectivity index is 1.43. The molecule has 0 unspecified atom stereocenters. The second-order valence-corrected chi connectivity index (χ2v) is 14.2. The fourth-order valence-electron chi connectivity index (χ4n) is 9.38. The minimum absolute atomic E-state index is 0.0764. The summed E-state index contributed by atoms with van der Waals surface area (Å²) in [6, 6.07) is 0. The van der Waals surface area contributed by atoms with Gasteiger partial charge in [0.2, 0.25) is 0 Å². The van der Waals surface area contributed by atoms with E-state index in [2.05, 4.69) is 39.8 Å². The van der Waals surface area contributed by atoms with Gasteiger partial charge in [-0.2, -0.15) is 0 Å². The summed E-state index contributed by atoms with van der Waals surface area (Å²) in [4.78, 5) is 12.8. The van der Waals surface area contributed by atoms with Crippen molar-refractivity contribution < 1.29 is 29.6 Å². The number of hydrogen-bond acceptors (Lipinski definition) is 6. The number of carbonyl (C=O) groups is 1. The van der Waals surface area contributed by atoms with E-state index in [0.29, 0.717) is 25.4 Å². The maximum Gasteiger partial charge on any atom is 0.161 e. The summed E-state index contributed by atoms with van der Waals surface area (Å²) in [5.74, 6) is 1.08. The molecule has 0 bridgehead atoms. The van der Waals surface area contributed by atoms with Gasteiger partial charge in [0.15, 0.2) is 12.1 Å². The van der Waals surface area contributed by atoms with Crippen LogP contribution in [-0.4, -0.2) is 57.9 Å². The van der Waals surface area contributed by atoms with Crippen molar-refractivity contribution in [1.82, 2.24) is 0 Å². The van der Waals surface area contributed by atoms with E-state index >= 15 is 0 Å². The SMILES string of the molecule is CCO[C@H]1O[C@@H]([C@@H](O)C(C)(C)O)C[C@@H]1[C@@H]1CC=C2[C@@H]3[C@H](O)C[C@H]4C(C)(C)C(=O)C=C[C@]4(C)[C@H]3CC[C@]21C. The molecule has 6 heteroatoms. The Labute approximate surface area is 222 Å². The van der Waals surface area contributed by atoms with Crippen molar-refractivity contribution >= 4 is 5.78 Å². The van der Waals surface area contributed by atoms with E-state index in [9.17, 15) is 20.1 Å². The molecule has 2 saturated carbocycles. The van der Waals surface area contributed by atoms with Crippen molar-refractivity contribution in [3.63, 3.8) is 0 Å². The summed E-state index contributed by atoms with van der Waals surface area (Å²) in [5.41, 5.74) is -0.532. The molecule has 3 fully saturated rings. The fraction of sp³-hybridized carbons (Fsp3) is 0.839. The molecule has 6 nitrogen and oxygen atoms in total. The number of hydrogen-bond donors (Lipinski definition) is 3. The molecule has 0 amide bonds. The first kappa shape index (κ1) is 27.5. The van der Waals surface area contributed by atoms with Crippen molar-refractivity contribution in [1.29, 1.82) is 0 Å².